The number of rotatable bonds is 8. The molecule has 1 fully saturated rings. The highest BCUT2D eigenvalue weighted by Gasteiger charge is 2.16. The summed E-state index contributed by atoms with van der Waals surface area (Å²) in [7, 11) is 3.77. The van der Waals surface area contributed by atoms with Gasteiger partial charge in [0.25, 0.3) is 0 Å². The molecule has 0 spiro atoms. The fourth-order valence-electron chi connectivity index (χ4n) is 2.87. The molecule has 3 heterocycles. The fraction of sp³-hybridized carbons (Fsp3) is 0.450. The molecule has 0 atom stereocenters. The lowest BCUT2D eigenvalue weighted by Crippen LogP contribution is -2.42. The monoisotopic (exact) mass is 385 g/mol. The van der Waals surface area contributed by atoms with Gasteiger partial charge in [-0.2, -0.15) is 0 Å². The first-order chi connectivity index (χ1) is 13.6. The van der Waals surface area contributed by atoms with Crippen molar-refractivity contribution in [2.24, 2.45) is 0 Å². The molecule has 1 aliphatic heterocycles. The van der Waals surface area contributed by atoms with Crippen LogP contribution in [0.1, 0.15) is 11.3 Å². The molecule has 0 aromatic carbocycles. The van der Waals surface area contributed by atoms with Crippen LogP contribution in [0.5, 0.6) is 0 Å². The number of hydrogen-bond donors (Lipinski definition) is 0. The van der Waals surface area contributed by atoms with Crippen LogP contribution in [0.25, 0.3) is 6.08 Å². The van der Waals surface area contributed by atoms with Crippen LogP contribution in [-0.2, 0) is 16.1 Å². The number of carbonyl (C=O) groups is 1. The molecule has 0 aliphatic carbocycles. The summed E-state index contributed by atoms with van der Waals surface area (Å²) in [4.78, 5) is 27.3. The highest BCUT2D eigenvalue weighted by atomic mass is 16.5. The van der Waals surface area contributed by atoms with Crippen molar-refractivity contribution in [3.05, 3.63) is 48.2 Å². The highest BCUT2D eigenvalue weighted by molar-refractivity contribution is 5.91. The molecular formula is C20H27N5O3. The zero-order valence-electron chi connectivity index (χ0n) is 16.5. The van der Waals surface area contributed by atoms with Gasteiger partial charge in [-0.25, -0.2) is 9.97 Å². The zero-order chi connectivity index (χ0) is 19.8. The van der Waals surface area contributed by atoms with Crippen LogP contribution in [0.3, 0.4) is 0 Å². The Morgan fingerprint density at radius 3 is 2.64 bits per heavy atom. The minimum Gasteiger partial charge on any atom is -0.467 e. The number of hydrogen-bond acceptors (Lipinski definition) is 7. The second kappa shape index (κ2) is 10.0. The largest absolute Gasteiger partial charge is 0.467 e. The predicted octanol–water partition coefficient (Wildman–Crippen LogP) is 1.51. The average molecular weight is 385 g/mol. The molecule has 0 bridgehead atoms. The van der Waals surface area contributed by atoms with E-state index >= 15 is 0 Å². The summed E-state index contributed by atoms with van der Waals surface area (Å²) in [5.41, 5.74) is 0.782. The van der Waals surface area contributed by atoms with Crippen molar-refractivity contribution in [2.45, 2.75) is 6.54 Å². The summed E-state index contributed by atoms with van der Waals surface area (Å²) < 4.78 is 10.8. The Hall–Kier alpha value is -2.71. The van der Waals surface area contributed by atoms with Crippen molar-refractivity contribution in [2.75, 3.05) is 58.4 Å². The van der Waals surface area contributed by atoms with E-state index < -0.39 is 0 Å². The van der Waals surface area contributed by atoms with E-state index in [0.29, 0.717) is 19.0 Å². The number of nitrogens with zero attached hydrogens (tertiary/aromatic N) is 5. The van der Waals surface area contributed by atoms with Crippen molar-refractivity contribution in [1.29, 1.82) is 0 Å². The molecular weight excluding hydrogens is 358 g/mol. The number of aromatic nitrogens is 2. The molecule has 0 radical (unpaired) electrons. The van der Waals surface area contributed by atoms with E-state index in [4.69, 9.17) is 9.15 Å². The molecule has 2 aromatic rings. The van der Waals surface area contributed by atoms with Gasteiger partial charge in [0.2, 0.25) is 11.9 Å². The predicted molar refractivity (Wildman–Crippen MR) is 107 cm³/mol. The first kappa shape index (κ1) is 20.0. The summed E-state index contributed by atoms with van der Waals surface area (Å²) in [5.74, 6) is 1.33. The second-order valence-corrected chi connectivity index (χ2v) is 6.84. The number of anilines is 1. The lowest BCUT2D eigenvalue weighted by molar-refractivity contribution is -0.127. The number of ether oxygens (including phenoxy) is 1. The van der Waals surface area contributed by atoms with E-state index in [0.717, 1.165) is 44.2 Å². The van der Waals surface area contributed by atoms with Gasteiger partial charge < -0.3 is 19.0 Å². The number of amides is 1. The normalized spacial score (nSPS) is 15.1. The van der Waals surface area contributed by atoms with Crippen LogP contribution >= 0.6 is 0 Å². The van der Waals surface area contributed by atoms with E-state index in [-0.39, 0.29) is 5.91 Å². The van der Waals surface area contributed by atoms with E-state index in [9.17, 15) is 4.79 Å². The van der Waals surface area contributed by atoms with Gasteiger partial charge in [0.05, 0.1) is 26.0 Å². The van der Waals surface area contributed by atoms with Crippen LogP contribution in [0.4, 0.5) is 5.95 Å². The molecule has 1 amide bonds. The Morgan fingerprint density at radius 2 is 2.00 bits per heavy atom. The molecule has 1 aliphatic rings. The highest BCUT2D eigenvalue weighted by Crippen LogP contribution is 2.09. The molecule has 2 aromatic heterocycles. The van der Waals surface area contributed by atoms with Gasteiger partial charge in [0, 0.05) is 64.3 Å². The molecule has 150 valence electrons. The molecule has 8 heteroatoms. The third-order valence-electron chi connectivity index (χ3n) is 4.50. The van der Waals surface area contributed by atoms with E-state index in [1.54, 1.807) is 35.7 Å². The molecule has 3 rings (SSSR count). The first-order valence-electron chi connectivity index (χ1n) is 9.40. The summed E-state index contributed by atoms with van der Waals surface area (Å²) >= 11 is 0. The molecule has 0 saturated carbocycles. The Bertz CT molecular complexity index is 753. The van der Waals surface area contributed by atoms with Crippen molar-refractivity contribution in [1.82, 2.24) is 19.8 Å². The van der Waals surface area contributed by atoms with Crippen LogP contribution in [-0.4, -0.2) is 79.2 Å². The van der Waals surface area contributed by atoms with Gasteiger partial charge in [-0.05, 0) is 18.2 Å². The Kier molecular flexibility index (Phi) is 7.16. The molecule has 0 N–H and O–H groups in total. The van der Waals surface area contributed by atoms with E-state index in [1.165, 1.54) is 0 Å². The Labute approximate surface area is 165 Å². The summed E-state index contributed by atoms with van der Waals surface area (Å²) in [6.07, 6.45) is 8.34. The van der Waals surface area contributed by atoms with Crippen LogP contribution in [0.2, 0.25) is 0 Å². The van der Waals surface area contributed by atoms with Crippen molar-refractivity contribution >= 4 is 17.9 Å². The van der Waals surface area contributed by atoms with Crippen LogP contribution in [0, 0.1) is 0 Å². The quantitative estimate of drug-likeness (QED) is 0.638. The number of furan rings is 1. The molecule has 0 unspecified atom stereocenters. The Morgan fingerprint density at radius 1 is 1.25 bits per heavy atom. The SMILES string of the molecule is CN(C)c1ncc(/C=C/C(=O)N(CCN2CCOCC2)Cc2ccco2)cn1. The lowest BCUT2D eigenvalue weighted by Gasteiger charge is -2.29. The smallest absolute Gasteiger partial charge is 0.247 e. The van der Waals surface area contributed by atoms with Crippen molar-refractivity contribution < 1.29 is 13.9 Å². The van der Waals surface area contributed by atoms with Crippen LogP contribution in [0.15, 0.2) is 41.3 Å². The number of carbonyl (C=O) groups excluding carboxylic acids is 1. The van der Waals surface area contributed by atoms with Gasteiger partial charge in [-0.15, -0.1) is 0 Å². The minimum absolute atomic E-state index is 0.0682. The van der Waals surface area contributed by atoms with Gasteiger partial charge in [0.1, 0.15) is 5.76 Å². The zero-order valence-corrected chi connectivity index (χ0v) is 16.5. The molecule has 8 nitrogen and oxygen atoms in total. The summed E-state index contributed by atoms with van der Waals surface area (Å²) in [6, 6.07) is 3.71. The van der Waals surface area contributed by atoms with Gasteiger partial charge >= 0.3 is 0 Å². The van der Waals surface area contributed by atoms with Crippen LogP contribution < -0.4 is 4.90 Å². The third-order valence-corrected chi connectivity index (χ3v) is 4.50. The summed E-state index contributed by atoms with van der Waals surface area (Å²) in [6.45, 7) is 5.16. The lowest BCUT2D eigenvalue weighted by atomic mass is 10.3. The maximum atomic E-state index is 12.8. The topological polar surface area (TPSA) is 74.9 Å². The average Bonchev–Trinajstić information content (AvgIpc) is 3.23. The fourth-order valence-corrected chi connectivity index (χ4v) is 2.87. The van der Waals surface area contributed by atoms with Gasteiger partial charge in [-0.1, -0.05) is 0 Å². The number of morpholine rings is 1. The van der Waals surface area contributed by atoms with Gasteiger partial charge in [-0.3, -0.25) is 9.69 Å². The van der Waals surface area contributed by atoms with E-state index in [2.05, 4.69) is 14.9 Å². The standard InChI is InChI=1S/C20H27N5O3/c1-23(2)20-21-14-17(15-22-20)5-6-19(26)25(16-18-4-3-11-28-18)8-7-24-9-12-27-13-10-24/h3-6,11,14-15H,7-10,12-13,16H2,1-2H3/b6-5+. The minimum atomic E-state index is -0.0682. The Balaban J connectivity index is 1.62. The molecule has 1 saturated heterocycles. The second-order valence-electron chi connectivity index (χ2n) is 6.84. The summed E-state index contributed by atoms with van der Waals surface area (Å²) in [5, 5.41) is 0. The van der Waals surface area contributed by atoms with E-state index in [1.807, 2.05) is 31.1 Å². The maximum absolute atomic E-state index is 12.8. The van der Waals surface area contributed by atoms with Crippen molar-refractivity contribution in [3.63, 3.8) is 0 Å². The third kappa shape index (κ3) is 5.90. The van der Waals surface area contributed by atoms with Gasteiger partial charge in [0.15, 0.2) is 0 Å². The molecule has 28 heavy (non-hydrogen) atoms. The maximum Gasteiger partial charge on any atom is 0.247 e. The first-order valence-corrected chi connectivity index (χ1v) is 9.40. The van der Waals surface area contributed by atoms with Crippen molar-refractivity contribution in [3.8, 4) is 0 Å².